The van der Waals surface area contributed by atoms with Crippen molar-refractivity contribution in [3.63, 3.8) is 0 Å². The summed E-state index contributed by atoms with van der Waals surface area (Å²) in [4.78, 5) is 0. The topological polar surface area (TPSA) is 61.7 Å². The minimum atomic E-state index is -0.0318. The van der Waals surface area contributed by atoms with E-state index in [2.05, 4.69) is 29.0 Å². The van der Waals surface area contributed by atoms with Gasteiger partial charge in [-0.15, -0.1) is 0 Å². The summed E-state index contributed by atoms with van der Waals surface area (Å²) in [7, 11) is 1.94. The van der Waals surface area contributed by atoms with Crippen molar-refractivity contribution in [2.75, 3.05) is 0 Å². The van der Waals surface area contributed by atoms with Crippen LogP contribution >= 0.6 is 0 Å². The van der Waals surface area contributed by atoms with Gasteiger partial charge in [-0.05, 0) is 25.8 Å². The van der Waals surface area contributed by atoms with Gasteiger partial charge in [-0.25, -0.2) is 0 Å². The maximum atomic E-state index is 6.30. The van der Waals surface area contributed by atoms with Gasteiger partial charge in [-0.3, -0.25) is 9.36 Å². The zero-order valence-electron chi connectivity index (χ0n) is 12.3. The van der Waals surface area contributed by atoms with Crippen LogP contribution in [0.25, 0.3) is 0 Å². The van der Waals surface area contributed by atoms with Gasteiger partial charge in [-0.2, -0.15) is 10.2 Å². The number of rotatable bonds is 4. The number of aromatic nitrogens is 4. The molecular weight excluding hydrogens is 250 g/mol. The van der Waals surface area contributed by atoms with Gasteiger partial charge in [0.25, 0.3) is 0 Å². The van der Waals surface area contributed by atoms with Crippen LogP contribution in [0.4, 0.5) is 0 Å². The van der Waals surface area contributed by atoms with E-state index in [0.717, 1.165) is 23.4 Å². The lowest BCUT2D eigenvalue weighted by molar-refractivity contribution is 0.461. The molecule has 0 aromatic carbocycles. The first-order valence-corrected chi connectivity index (χ1v) is 7.43. The lowest BCUT2D eigenvalue weighted by Gasteiger charge is -2.11. The highest BCUT2D eigenvalue weighted by molar-refractivity contribution is 5.22. The molecule has 20 heavy (non-hydrogen) atoms. The lowest BCUT2D eigenvalue weighted by Crippen LogP contribution is -2.15. The monoisotopic (exact) mass is 273 g/mol. The van der Waals surface area contributed by atoms with Crippen LogP contribution in [0.15, 0.2) is 18.5 Å². The molecule has 0 amide bonds. The van der Waals surface area contributed by atoms with E-state index in [0.29, 0.717) is 6.04 Å². The summed E-state index contributed by atoms with van der Waals surface area (Å²) in [5, 5.41) is 8.96. The molecule has 2 aromatic rings. The fourth-order valence-electron chi connectivity index (χ4n) is 3.07. The summed E-state index contributed by atoms with van der Waals surface area (Å²) in [5.74, 6) is 0. The van der Waals surface area contributed by atoms with Gasteiger partial charge in [0.1, 0.15) is 0 Å². The van der Waals surface area contributed by atoms with E-state index in [4.69, 9.17) is 10.8 Å². The highest BCUT2D eigenvalue weighted by atomic mass is 15.3. The Balaban J connectivity index is 1.69. The Morgan fingerprint density at radius 1 is 1.40 bits per heavy atom. The molecule has 1 atom stereocenters. The Morgan fingerprint density at radius 2 is 2.15 bits per heavy atom. The van der Waals surface area contributed by atoms with Gasteiger partial charge >= 0.3 is 0 Å². The molecule has 1 fully saturated rings. The van der Waals surface area contributed by atoms with Gasteiger partial charge < -0.3 is 5.73 Å². The first-order valence-electron chi connectivity index (χ1n) is 7.43. The Bertz CT molecular complexity index is 577. The van der Waals surface area contributed by atoms with E-state index in [1.807, 2.05) is 17.9 Å². The van der Waals surface area contributed by atoms with E-state index < -0.39 is 0 Å². The largest absolute Gasteiger partial charge is 0.324 e. The molecule has 108 valence electrons. The Kier molecular flexibility index (Phi) is 3.61. The second kappa shape index (κ2) is 5.40. The molecule has 0 spiro atoms. The fourth-order valence-corrected chi connectivity index (χ4v) is 3.07. The second-order valence-electron chi connectivity index (χ2n) is 5.84. The van der Waals surface area contributed by atoms with Crippen molar-refractivity contribution in [2.24, 2.45) is 12.8 Å². The molecule has 2 heterocycles. The van der Waals surface area contributed by atoms with Crippen LogP contribution in [0, 0.1) is 6.92 Å². The molecule has 3 rings (SSSR count). The number of nitrogens with two attached hydrogens (primary N) is 1. The fraction of sp³-hybridized carbons (Fsp3) is 0.600. The number of hydrogen-bond donors (Lipinski definition) is 1. The predicted molar refractivity (Wildman–Crippen MR) is 78.3 cm³/mol. The number of hydrogen-bond acceptors (Lipinski definition) is 3. The smallest absolute Gasteiger partial charge is 0.0643 e. The van der Waals surface area contributed by atoms with Crippen molar-refractivity contribution < 1.29 is 0 Å². The molecule has 5 heteroatoms. The maximum Gasteiger partial charge on any atom is 0.0643 e. The van der Waals surface area contributed by atoms with Crippen LogP contribution in [-0.2, 0) is 13.5 Å². The third kappa shape index (κ3) is 2.50. The minimum Gasteiger partial charge on any atom is -0.324 e. The standard InChI is InChI=1S/C15H23N5/c1-11-14(10-17-19(11)2)15(16)9-12-7-8-20(18-12)13-5-3-4-6-13/h7-8,10,13,15H,3-6,9,16H2,1-2H3. The van der Waals surface area contributed by atoms with Crippen molar-refractivity contribution in [1.29, 1.82) is 0 Å². The van der Waals surface area contributed by atoms with E-state index in [1.165, 1.54) is 25.7 Å². The average Bonchev–Trinajstić information content (AvgIpc) is 3.12. The number of nitrogens with zero attached hydrogens (tertiary/aromatic N) is 4. The maximum absolute atomic E-state index is 6.30. The molecule has 0 bridgehead atoms. The normalized spacial score (nSPS) is 17.8. The summed E-state index contributed by atoms with van der Waals surface area (Å²) in [6.07, 6.45) is 9.92. The van der Waals surface area contributed by atoms with Crippen LogP contribution in [0.5, 0.6) is 0 Å². The van der Waals surface area contributed by atoms with Gasteiger partial charge in [0, 0.05) is 37.0 Å². The summed E-state index contributed by atoms with van der Waals surface area (Å²) in [6.45, 7) is 2.05. The summed E-state index contributed by atoms with van der Waals surface area (Å²) < 4.78 is 4.00. The van der Waals surface area contributed by atoms with Crippen molar-refractivity contribution in [3.05, 3.63) is 35.4 Å². The average molecular weight is 273 g/mol. The first kappa shape index (κ1) is 13.4. The molecular formula is C15H23N5. The predicted octanol–water partition coefficient (Wildman–Crippen LogP) is 2.28. The summed E-state index contributed by atoms with van der Waals surface area (Å²) in [5.41, 5.74) is 9.62. The van der Waals surface area contributed by atoms with Crippen LogP contribution in [0.3, 0.4) is 0 Å². The van der Waals surface area contributed by atoms with E-state index >= 15 is 0 Å². The van der Waals surface area contributed by atoms with Crippen molar-refractivity contribution >= 4 is 0 Å². The molecule has 5 nitrogen and oxygen atoms in total. The van der Waals surface area contributed by atoms with E-state index in [-0.39, 0.29) is 6.04 Å². The lowest BCUT2D eigenvalue weighted by atomic mass is 10.0. The molecule has 1 aliphatic carbocycles. The van der Waals surface area contributed by atoms with Gasteiger partial charge in [0.05, 0.1) is 17.9 Å². The molecule has 2 N–H and O–H groups in total. The molecule has 2 aromatic heterocycles. The Labute approximate surface area is 119 Å². The molecule has 1 aliphatic rings. The zero-order chi connectivity index (χ0) is 14.1. The third-order valence-corrected chi connectivity index (χ3v) is 4.46. The van der Waals surface area contributed by atoms with Crippen LogP contribution < -0.4 is 5.73 Å². The van der Waals surface area contributed by atoms with Crippen molar-refractivity contribution in [3.8, 4) is 0 Å². The SMILES string of the molecule is Cc1c(C(N)Cc2ccn(C3CCCC3)n2)cnn1C. The van der Waals surface area contributed by atoms with Crippen LogP contribution in [0.2, 0.25) is 0 Å². The third-order valence-electron chi connectivity index (χ3n) is 4.46. The Hall–Kier alpha value is -1.62. The molecule has 0 saturated heterocycles. The molecule has 1 unspecified atom stereocenters. The van der Waals surface area contributed by atoms with Gasteiger partial charge in [0.15, 0.2) is 0 Å². The minimum absolute atomic E-state index is 0.0318. The molecule has 0 aliphatic heterocycles. The van der Waals surface area contributed by atoms with Crippen LogP contribution in [0.1, 0.15) is 54.7 Å². The summed E-state index contributed by atoms with van der Waals surface area (Å²) >= 11 is 0. The van der Waals surface area contributed by atoms with E-state index in [9.17, 15) is 0 Å². The van der Waals surface area contributed by atoms with Crippen LogP contribution in [-0.4, -0.2) is 19.6 Å². The molecule has 1 saturated carbocycles. The van der Waals surface area contributed by atoms with Crippen molar-refractivity contribution in [2.45, 2.75) is 51.1 Å². The van der Waals surface area contributed by atoms with Gasteiger partial charge in [0.2, 0.25) is 0 Å². The highest BCUT2D eigenvalue weighted by Gasteiger charge is 2.19. The Morgan fingerprint density at radius 3 is 2.80 bits per heavy atom. The quantitative estimate of drug-likeness (QED) is 0.929. The number of aryl methyl sites for hydroxylation is 1. The van der Waals surface area contributed by atoms with Gasteiger partial charge in [-0.1, -0.05) is 12.8 Å². The van der Waals surface area contributed by atoms with E-state index in [1.54, 1.807) is 0 Å². The first-order chi connectivity index (χ1) is 9.65. The van der Waals surface area contributed by atoms with Crippen molar-refractivity contribution in [1.82, 2.24) is 19.6 Å². The molecule has 0 radical (unpaired) electrons. The zero-order valence-corrected chi connectivity index (χ0v) is 12.3. The highest BCUT2D eigenvalue weighted by Crippen LogP contribution is 2.29. The summed E-state index contributed by atoms with van der Waals surface area (Å²) in [6, 6.07) is 2.67. The second-order valence-corrected chi connectivity index (χ2v) is 5.84.